The van der Waals surface area contributed by atoms with Gasteiger partial charge in [0, 0.05) is 19.2 Å². The molecule has 0 aliphatic carbocycles. The van der Waals surface area contributed by atoms with Crippen LogP contribution in [0.1, 0.15) is 46.3 Å². The highest BCUT2D eigenvalue weighted by atomic mass is 16.5. The molecule has 1 aromatic heterocycles. The van der Waals surface area contributed by atoms with Gasteiger partial charge in [-0.15, -0.1) is 0 Å². The molecule has 134 valence electrons. The van der Waals surface area contributed by atoms with E-state index in [0.29, 0.717) is 18.7 Å². The molecule has 1 aliphatic heterocycles. The first kappa shape index (κ1) is 17.7. The Morgan fingerprint density at radius 3 is 2.76 bits per heavy atom. The number of hydrogen-bond acceptors (Lipinski definition) is 4. The number of benzene rings is 1. The van der Waals surface area contributed by atoms with Crippen molar-refractivity contribution in [1.82, 2.24) is 10.2 Å². The maximum atomic E-state index is 12.6. The number of carbonyl (C=O) groups excluding carboxylic acids is 1. The van der Waals surface area contributed by atoms with Crippen LogP contribution in [0.3, 0.4) is 0 Å². The molecule has 0 spiro atoms. The second kappa shape index (κ2) is 8.32. The van der Waals surface area contributed by atoms with E-state index in [4.69, 9.17) is 9.15 Å². The number of methoxy groups -OCH3 is 1. The fourth-order valence-corrected chi connectivity index (χ4v) is 3.36. The van der Waals surface area contributed by atoms with Gasteiger partial charge in [-0.2, -0.15) is 0 Å². The van der Waals surface area contributed by atoms with E-state index in [1.54, 1.807) is 7.11 Å². The van der Waals surface area contributed by atoms with Gasteiger partial charge in [0.05, 0.1) is 12.6 Å². The molecule has 5 heteroatoms. The topological polar surface area (TPSA) is 54.7 Å². The molecule has 2 heterocycles. The quantitative estimate of drug-likeness (QED) is 0.839. The lowest BCUT2D eigenvalue weighted by Crippen LogP contribution is -2.36. The minimum Gasteiger partial charge on any atom is -0.465 e. The predicted octanol–water partition coefficient (Wildman–Crippen LogP) is 3.30. The molecular formula is C20H26N2O3. The Kier molecular flexibility index (Phi) is 5.89. The van der Waals surface area contributed by atoms with Crippen LogP contribution in [0.4, 0.5) is 0 Å². The lowest BCUT2D eigenvalue weighted by molar-refractivity contribution is 0.0933. The molecule has 1 amide bonds. The van der Waals surface area contributed by atoms with E-state index < -0.39 is 0 Å². The van der Waals surface area contributed by atoms with E-state index in [0.717, 1.165) is 30.2 Å². The van der Waals surface area contributed by atoms with Crippen molar-refractivity contribution < 1.29 is 13.9 Å². The zero-order valence-electron chi connectivity index (χ0n) is 15.0. The molecular weight excluding hydrogens is 316 g/mol. The van der Waals surface area contributed by atoms with Crippen LogP contribution in [-0.2, 0) is 11.3 Å². The lowest BCUT2D eigenvalue weighted by Gasteiger charge is -2.26. The molecule has 1 fully saturated rings. The Balaban J connectivity index is 1.68. The van der Waals surface area contributed by atoms with Crippen molar-refractivity contribution in [2.45, 2.75) is 32.4 Å². The Bertz CT molecular complexity index is 704. The standard InChI is InChI=1S/C20H26N2O3/c1-15-8-9-19(25-15)18(22-10-3-4-11-22)13-21-20(23)17-7-5-6-16(12-17)14-24-2/h5-9,12,18H,3-4,10-11,13-14H2,1-2H3,(H,21,23). The SMILES string of the molecule is COCc1cccc(C(=O)NCC(c2ccc(C)o2)N2CCCC2)c1. The summed E-state index contributed by atoms with van der Waals surface area (Å²) in [7, 11) is 1.65. The second-order valence-electron chi connectivity index (χ2n) is 6.55. The van der Waals surface area contributed by atoms with Crippen LogP contribution in [-0.4, -0.2) is 37.6 Å². The minimum absolute atomic E-state index is 0.0644. The molecule has 0 bridgehead atoms. The number of furan rings is 1. The van der Waals surface area contributed by atoms with Crippen LogP contribution in [0.15, 0.2) is 40.8 Å². The normalized spacial score (nSPS) is 16.1. The fourth-order valence-electron chi connectivity index (χ4n) is 3.36. The Labute approximate surface area is 149 Å². The van der Waals surface area contributed by atoms with Gasteiger partial charge in [0.2, 0.25) is 0 Å². The van der Waals surface area contributed by atoms with Crippen molar-refractivity contribution in [1.29, 1.82) is 0 Å². The third-order valence-electron chi connectivity index (χ3n) is 4.63. The summed E-state index contributed by atoms with van der Waals surface area (Å²) in [6, 6.07) is 11.6. The summed E-state index contributed by atoms with van der Waals surface area (Å²) in [6.07, 6.45) is 2.40. The van der Waals surface area contributed by atoms with Crippen molar-refractivity contribution in [2.75, 3.05) is 26.7 Å². The molecule has 5 nitrogen and oxygen atoms in total. The summed E-state index contributed by atoms with van der Waals surface area (Å²) in [5, 5.41) is 3.07. The summed E-state index contributed by atoms with van der Waals surface area (Å²) < 4.78 is 11.0. The molecule has 1 saturated heterocycles. The molecule has 1 aliphatic rings. The van der Waals surface area contributed by atoms with Crippen LogP contribution in [0.25, 0.3) is 0 Å². The number of hydrogen-bond donors (Lipinski definition) is 1. The molecule has 0 radical (unpaired) electrons. The van der Waals surface area contributed by atoms with E-state index in [1.807, 2.05) is 43.3 Å². The van der Waals surface area contributed by atoms with E-state index >= 15 is 0 Å². The number of aryl methyl sites for hydroxylation is 1. The average Bonchev–Trinajstić information content (AvgIpc) is 3.28. The Hall–Kier alpha value is -2.11. The smallest absolute Gasteiger partial charge is 0.251 e. The third kappa shape index (κ3) is 4.50. The number of nitrogens with one attached hydrogen (secondary N) is 1. The van der Waals surface area contributed by atoms with E-state index in [2.05, 4.69) is 10.2 Å². The van der Waals surface area contributed by atoms with E-state index in [-0.39, 0.29) is 11.9 Å². The van der Waals surface area contributed by atoms with Gasteiger partial charge in [-0.3, -0.25) is 9.69 Å². The molecule has 1 aromatic carbocycles. The minimum atomic E-state index is -0.0644. The van der Waals surface area contributed by atoms with Crippen LogP contribution in [0.5, 0.6) is 0 Å². The Morgan fingerprint density at radius 1 is 1.28 bits per heavy atom. The summed E-state index contributed by atoms with van der Waals surface area (Å²) in [4.78, 5) is 14.9. The van der Waals surface area contributed by atoms with Crippen molar-refractivity contribution in [3.63, 3.8) is 0 Å². The van der Waals surface area contributed by atoms with Gasteiger partial charge < -0.3 is 14.5 Å². The zero-order chi connectivity index (χ0) is 17.6. The maximum absolute atomic E-state index is 12.6. The largest absolute Gasteiger partial charge is 0.465 e. The van der Waals surface area contributed by atoms with Gasteiger partial charge in [0.25, 0.3) is 5.91 Å². The molecule has 0 saturated carbocycles. The molecule has 1 unspecified atom stereocenters. The molecule has 1 N–H and O–H groups in total. The molecule has 25 heavy (non-hydrogen) atoms. The van der Waals surface area contributed by atoms with Crippen LogP contribution >= 0.6 is 0 Å². The van der Waals surface area contributed by atoms with Gasteiger partial charge in [-0.25, -0.2) is 0 Å². The van der Waals surface area contributed by atoms with Crippen molar-refractivity contribution in [2.24, 2.45) is 0 Å². The van der Waals surface area contributed by atoms with E-state index in [9.17, 15) is 4.79 Å². The van der Waals surface area contributed by atoms with Crippen LogP contribution < -0.4 is 5.32 Å². The van der Waals surface area contributed by atoms with Crippen molar-refractivity contribution in [3.8, 4) is 0 Å². The maximum Gasteiger partial charge on any atom is 0.251 e. The first-order valence-electron chi connectivity index (χ1n) is 8.84. The lowest BCUT2D eigenvalue weighted by atomic mass is 10.1. The monoisotopic (exact) mass is 342 g/mol. The number of nitrogens with zero attached hydrogens (tertiary/aromatic N) is 1. The van der Waals surface area contributed by atoms with E-state index in [1.165, 1.54) is 12.8 Å². The zero-order valence-corrected chi connectivity index (χ0v) is 15.0. The van der Waals surface area contributed by atoms with Gasteiger partial charge in [0.15, 0.2) is 0 Å². The van der Waals surface area contributed by atoms with Gasteiger partial charge in [0.1, 0.15) is 11.5 Å². The number of amides is 1. The highest BCUT2D eigenvalue weighted by Crippen LogP contribution is 2.26. The van der Waals surface area contributed by atoms with Crippen molar-refractivity contribution >= 4 is 5.91 Å². The highest BCUT2D eigenvalue weighted by molar-refractivity contribution is 5.94. The average molecular weight is 342 g/mol. The molecule has 3 rings (SSSR count). The number of carbonyl (C=O) groups is 1. The fraction of sp³-hybridized carbons (Fsp3) is 0.450. The van der Waals surface area contributed by atoms with Gasteiger partial charge in [-0.05, 0) is 62.7 Å². The van der Waals surface area contributed by atoms with Gasteiger partial charge >= 0.3 is 0 Å². The summed E-state index contributed by atoms with van der Waals surface area (Å²) in [5.41, 5.74) is 1.65. The predicted molar refractivity (Wildman–Crippen MR) is 96.5 cm³/mol. The highest BCUT2D eigenvalue weighted by Gasteiger charge is 2.26. The first-order valence-corrected chi connectivity index (χ1v) is 8.84. The first-order chi connectivity index (χ1) is 12.2. The van der Waals surface area contributed by atoms with Gasteiger partial charge in [-0.1, -0.05) is 12.1 Å². The Morgan fingerprint density at radius 2 is 2.08 bits per heavy atom. The third-order valence-corrected chi connectivity index (χ3v) is 4.63. The summed E-state index contributed by atoms with van der Waals surface area (Å²) >= 11 is 0. The van der Waals surface area contributed by atoms with Crippen LogP contribution in [0.2, 0.25) is 0 Å². The number of ether oxygens (including phenoxy) is 1. The number of likely N-dealkylation sites (tertiary alicyclic amines) is 1. The summed E-state index contributed by atoms with van der Waals surface area (Å²) in [6.45, 7) is 5.08. The van der Waals surface area contributed by atoms with Crippen LogP contribution in [0, 0.1) is 6.92 Å². The molecule has 2 aromatic rings. The summed E-state index contributed by atoms with van der Waals surface area (Å²) in [5.74, 6) is 1.76. The van der Waals surface area contributed by atoms with Crippen molar-refractivity contribution in [3.05, 3.63) is 59.0 Å². The number of rotatable bonds is 7. The second-order valence-corrected chi connectivity index (χ2v) is 6.55. The molecule has 1 atom stereocenters.